The van der Waals surface area contributed by atoms with Crippen molar-refractivity contribution in [2.75, 3.05) is 26.0 Å². The fraction of sp³-hybridized carbons (Fsp3) is 0.429. The van der Waals surface area contributed by atoms with Gasteiger partial charge in [0.05, 0.1) is 17.6 Å². The van der Waals surface area contributed by atoms with Crippen LogP contribution < -0.4 is 11.1 Å². The van der Waals surface area contributed by atoms with Crippen molar-refractivity contribution in [1.29, 1.82) is 0 Å². The number of esters is 2. The quantitative estimate of drug-likeness (QED) is 0.139. The van der Waals surface area contributed by atoms with Gasteiger partial charge in [-0.1, -0.05) is 5.16 Å². The SMILES string of the molecule is CON=C(C(=O)NCC1C(=O)N2C(C(=O)OC(C)OC(C)=O)=C(COC(N)=O)CSC12)c1ccco1. The number of carbonyl (C=O) groups is 5. The molecule has 194 valence electrons. The fourth-order valence-electron chi connectivity index (χ4n) is 3.53. The maximum absolute atomic E-state index is 13.0. The highest BCUT2D eigenvalue weighted by Crippen LogP contribution is 2.44. The Hall–Kier alpha value is -4.01. The van der Waals surface area contributed by atoms with E-state index in [-0.39, 0.29) is 36.1 Å². The monoisotopic (exact) mass is 524 g/mol. The van der Waals surface area contributed by atoms with Gasteiger partial charge >= 0.3 is 18.0 Å². The van der Waals surface area contributed by atoms with Gasteiger partial charge in [-0.2, -0.15) is 0 Å². The summed E-state index contributed by atoms with van der Waals surface area (Å²) < 4.78 is 20.0. The van der Waals surface area contributed by atoms with Crippen molar-refractivity contribution < 1.29 is 47.4 Å². The predicted octanol–water partition coefficient (Wildman–Crippen LogP) is 0.0793. The number of carbonyl (C=O) groups excluding carboxylic acids is 5. The molecule has 2 aliphatic rings. The van der Waals surface area contributed by atoms with E-state index in [0.29, 0.717) is 5.57 Å². The minimum atomic E-state index is -1.22. The van der Waals surface area contributed by atoms with Gasteiger partial charge in [0, 0.05) is 31.7 Å². The summed E-state index contributed by atoms with van der Waals surface area (Å²) in [6.07, 6.45) is -0.911. The summed E-state index contributed by atoms with van der Waals surface area (Å²) >= 11 is 1.30. The van der Waals surface area contributed by atoms with Crippen molar-refractivity contribution in [3.8, 4) is 0 Å². The smallest absolute Gasteiger partial charge is 0.404 e. The van der Waals surface area contributed by atoms with Gasteiger partial charge in [0.1, 0.15) is 19.4 Å². The number of oxime groups is 1. The largest absolute Gasteiger partial charge is 0.462 e. The first-order chi connectivity index (χ1) is 17.1. The van der Waals surface area contributed by atoms with Gasteiger partial charge < -0.3 is 34.5 Å². The average Bonchev–Trinajstić information content (AvgIpc) is 3.34. The van der Waals surface area contributed by atoms with Crippen LogP contribution in [-0.2, 0) is 38.2 Å². The molecule has 3 rings (SSSR count). The van der Waals surface area contributed by atoms with Crippen LogP contribution in [-0.4, -0.2) is 78.1 Å². The van der Waals surface area contributed by atoms with Gasteiger partial charge in [-0.15, -0.1) is 11.8 Å². The van der Waals surface area contributed by atoms with E-state index in [4.69, 9.17) is 29.2 Å². The number of thioether (sulfide) groups is 1. The van der Waals surface area contributed by atoms with E-state index in [9.17, 15) is 24.0 Å². The number of rotatable bonds is 10. The second-order valence-corrected chi connectivity index (χ2v) is 8.57. The standard InChI is InChI=1S/C21H24N4O10S/c1-10(26)34-11(2)35-20(29)16-12(8-33-21(22)30)9-36-19-13(18(28)25(16)19)7-23-17(27)15(24-31-3)14-5-4-6-32-14/h4-6,11,13,19H,7-9H2,1-3H3,(H2,22,30)(H,23,27). The molecule has 1 fully saturated rings. The molecule has 3 unspecified atom stereocenters. The number of β-lactam (4-membered cyclic amide) rings is 1. The maximum Gasteiger partial charge on any atom is 0.404 e. The lowest BCUT2D eigenvalue weighted by molar-refractivity contribution is -0.183. The molecule has 0 aliphatic carbocycles. The van der Waals surface area contributed by atoms with Crippen LogP contribution in [0.4, 0.5) is 4.79 Å². The Bertz CT molecular complexity index is 1100. The first kappa shape index (κ1) is 26.6. The molecule has 1 aromatic heterocycles. The van der Waals surface area contributed by atoms with Crippen LogP contribution in [0.15, 0.2) is 39.2 Å². The lowest BCUT2D eigenvalue weighted by Gasteiger charge is -2.49. The average molecular weight is 525 g/mol. The number of hydrogen-bond donors (Lipinski definition) is 2. The fourth-order valence-corrected chi connectivity index (χ4v) is 4.92. The lowest BCUT2D eigenvalue weighted by atomic mass is 9.95. The van der Waals surface area contributed by atoms with E-state index in [1.807, 2.05) is 0 Å². The van der Waals surface area contributed by atoms with Gasteiger partial charge in [-0.3, -0.25) is 19.3 Å². The second-order valence-electron chi connectivity index (χ2n) is 7.47. The van der Waals surface area contributed by atoms with Gasteiger partial charge in [0.25, 0.3) is 5.91 Å². The molecule has 15 heteroatoms. The molecular weight excluding hydrogens is 500 g/mol. The van der Waals surface area contributed by atoms with Gasteiger partial charge in [-0.25, -0.2) is 9.59 Å². The third-order valence-corrected chi connectivity index (χ3v) is 6.38. The summed E-state index contributed by atoms with van der Waals surface area (Å²) in [4.78, 5) is 66.7. The minimum Gasteiger partial charge on any atom is -0.462 e. The van der Waals surface area contributed by atoms with E-state index in [0.717, 1.165) is 6.92 Å². The third kappa shape index (κ3) is 5.97. The summed E-state index contributed by atoms with van der Waals surface area (Å²) in [6.45, 7) is 2.08. The molecule has 3 N–H and O–H groups in total. The summed E-state index contributed by atoms with van der Waals surface area (Å²) in [7, 11) is 1.27. The topological polar surface area (TPSA) is 189 Å². The van der Waals surface area contributed by atoms with Crippen LogP contribution in [0.1, 0.15) is 19.6 Å². The van der Waals surface area contributed by atoms with Crippen molar-refractivity contribution in [2.24, 2.45) is 16.8 Å². The molecule has 36 heavy (non-hydrogen) atoms. The van der Waals surface area contributed by atoms with Crippen LogP contribution >= 0.6 is 11.8 Å². The van der Waals surface area contributed by atoms with Gasteiger partial charge in [0.15, 0.2) is 5.76 Å². The summed E-state index contributed by atoms with van der Waals surface area (Å²) in [5.74, 6) is -3.00. The zero-order chi connectivity index (χ0) is 26.4. The molecule has 1 saturated heterocycles. The first-order valence-corrected chi connectivity index (χ1v) is 11.6. The van der Waals surface area contributed by atoms with E-state index < -0.39 is 47.4 Å². The highest BCUT2D eigenvalue weighted by molar-refractivity contribution is 8.00. The Morgan fingerprint density at radius 1 is 1.33 bits per heavy atom. The summed E-state index contributed by atoms with van der Waals surface area (Å²) in [5, 5.41) is 5.77. The zero-order valence-electron chi connectivity index (χ0n) is 19.5. The first-order valence-electron chi connectivity index (χ1n) is 10.5. The van der Waals surface area contributed by atoms with Crippen LogP contribution in [0.2, 0.25) is 0 Å². The lowest BCUT2D eigenvalue weighted by Crippen LogP contribution is -2.64. The number of amides is 3. The number of primary amides is 1. The minimum absolute atomic E-state index is 0.0609. The molecule has 3 amide bonds. The molecule has 3 heterocycles. The number of nitrogens with one attached hydrogen (secondary N) is 1. The predicted molar refractivity (Wildman–Crippen MR) is 122 cm³/mol. The molecule has 0 saturated carbocycles. The molecule has 2 aliphatic heterocycles. The highest BCUT2D eigenvalue weighted by atomic mass is 32.2. The van der Waals surface area contributed by atoms with Crippen molar-refractivity contribution in [1.82, 2.24) is 10.2 Å². The number of ether oxygens (including phenoxy) is 3. The number of hydrogen-bond acceptors (Lipinski definition) is 12. The van der Waals surface area contributed by atoms with Crippen molar-refractivity contribution >= 4 is 47.3 Å². The molecule has 1 aromatic rings. The van der Waals surface area contributed by atoms with Gasteiger partial charge in [0.2, 0.25) is 17.9 Å². The van der Waals surface area contributed by atoms with Crippen molar-refractivity contribution in [2.45, 2.75) is 25.5 Å². The summed E-state index contributed by atoms with van der Waals surface area (Å²) in [6, 6.07) is 3.11. The molecule has 3 atom stereocenters. The molecular formula is C21H24N4O10S. The molecule has 0 bridgehead atoms. The number of fused-ring (bicyclic) bond motifs is 1. The number of nitrogens with two attached hydrogens (primary N) is 1. The zero-order valence-corrected chi connectivity index (χ0v) is 20.4. The van der Waals surface area contributed by atoms with E-state index in [2.05, 4.69) is 10.5 Å². The van der Waals surface area contributed by atoms with Gasteiger partial charge in [-0.05, 0) is 12.1 Å². The van der Waals surface area contributed by atoms with E-state index in [1.54, 1.807) is 6.07 Å². The molecule has 14 nitrogen and oxygen atoms in total. The number of furan rings is 1. The van der Waals surface area contributed by atoms with Crippen LogP contribution in [0.5, 0.6) is 0 Å². The van der Waals surface area contributed by atoms with Crippen LogP contribution in [0, 0.1) is 5.92 Å². The number of nitrogens with zero attached hydrogens (tertiary/aromatic N) is 2. The maximum atomic E-state index is 13.0. The molecule has 0 spiro atoms. The van der Waals surface area contributed by atoms with Crippen LogP contribution in [0.3, 0.4) is 0 Å². The third-order valence-electron chi connectivity index (χ3n) is 4.98. The molecule has 0 radical (unpaired) electrons. The van der Waals surface area contributed by atoms with E-state index >= 15 is 0 Å². The summed E-state index contributed by atoms with van der Waals surface area (Å²) in [5.41, 5.74) is 5.07. The normalized spacial score (nSPS) is 20.0. The Morgan fingerprint density at radius 3 is 2.69 bits per heavy atom. The Morgan fingerprint density at radius 2 is 2.08 bits per heavy atom. The Labute approximate surface area is 209 Å². The Kier molecular flexibility index (Phi) is 8.58. The van der Waals surface area contributed by atoms with Crippen molar-refractivity contribution in [3.63, 3.8) is 0 Å². The van der Waals surface area contributed by atoms with Crippen LogP contribution in [0.25, 0.3) is 0 Å². The Balaban J connectivity index is 1.73. The second kappa shape index (κ2) is 11.6. The highest BCUT2D eigenvalue weighted by Gasteiger charge is 2.54. The van der Waals surface area contributed by atoms with E-state index in [1.165, 1.54) is 43.0 Å². The molecule has 0 aromatic carbocycles. The van der Waals surface area contributed by atoms with Crippen molar-refractivity contribution in [3.05, 3.63) is 35.4 Å².